The molecule has 0 bridgehead atoms. The lowest BCUT2D eigenvalue weighted by Gasteiger charge is -2.19. The monoisotopic (exact) mass is 425 g/mol. The zero-order chi connectivity index (χ0) is 22.2. The van der Waals surface area contributed by atoms with Crippen molar-refractivity contribution in [3.05, 3.63) is 59.7 Å². The van der Waals surface area contributed by atoms with Crippen molar-refractivity contribution in [2.24, 2.45) is 5.92 Å². The van der Waals surface area contributed by atoms with Gasteiger partial charge in [0, 0.05) is 19.0 Å². The van der Waals surface area contributed by atoms with Gasteiger partial charge in [-0.1, -0.05) is 44.2 Å². The minimum Gasteiger partial charge on any atom is -0.497 e. The maximum absolute atomic E-state index is 11.9. The van der Waals surface area contributed by atoms with Crippen molar-refractivity contribution in [2.75, 3.05) is 27.3 Å². The quantitative estimate of drug-likeness (QED) is 0.524. The zero-order valence-electron chi connectivity index (χ0n) is 19.2. The summed E-state index contributed by atoms with van der Waals surface area (Å²) in [6.07, 6.45) is 3.62. The summed E-state index contributed by atoms with van der Waals surface area (Å²) in [7, 11) is 3.79. The van der Waals surface area contributed by atoms with Gasteiger partial charge in [-0.2, -0.15) is 0 Å². The van der Waals surface area contributed by atoms with E-state index in [1.807, 2.05) is 38.1 Å². The lowest BCUT2D eigenvalue weighted by molar-refractivity contribution is -0.152. The van der Waals surface area contributed by atoms with Crippen LogP contribution >= 0.6 is 0 Å². The summed E-state index contributed by atoms with van der Waals surface area (Å²) < 4.78 is 17.1. The first-order chi connectivity index (χ1) is 15.0. The van der Waals surface area contributed by atoms with Crippen LogP contribution in [0, 0.1) is 5.92 Å². The molecule has 1 heterocycles. The maximum Gasteiger partial charge on any atom is 0.308 e. The summed E-state index contributed by atoms with van der Waals surface area (Å²) >= 11 is 0. The molecule has 0 aromatic heterocycles. The molecular weight excluding hydrogens is 390 g/mol. The van der Waals surface area contributed by atoms with Gasteiger partial charge in [-0.15, -0.1) is 0 Å². The number of likely N-dealkylation sites (tertiary alicyclic amines) is 1. The Morgan fingerprint density at radius 3 is 2.71 bits per heavy atom. The molecule has 1 aliphatic rings. The van der Waals surface area contributed by atoms with Crippen molar-refractivity contribution < 1.29 is 19.0 Å². The van der Waals surface area contributed by atoms with Gasteiger partial charge >= 0.3 is 5.97 Å². The van der Waals surface area contributed by atoms with E-state index in [-0.39, 0.29) is 18.0 Å². The maximum atomic E-state index is 11.9. The van der Waals surface area contributed by atoms with Crippen molar-refractivity contribution in [2.45, 2.75) is 51.7 Å². The zero-order valence-corrected chi connectivity index (χ0v) is 19.2. The van der Waals surface area contributed by atoms with E-state index >= 15 is 0 Å². The lowest BCUT2D eigenvalue weighted by Crippen LogP contribution is -2.27. The number of aryl methyl sites for hydroxylation is 2. The summed E-state index contributed by atoms with van der Waals surface area (Å²) in [6, 6.07) is 16.8. The van der Waals surface area contributed by atoms with E-state index in [1.54, 1.807) is 7.11 Å². The molecule has 0 radical (unpaired) electrons. The van der Waals surface area contributed by atoms with Crippen LogP contribution in [0.3, 0.4) is 0 Å². The van der Waals surface area contributed by atoms with Gasteiger partial charge in [0.15, 0.2) is 0 Å². The Kier molecular flexibility index (Phi) is 8.35. The largest absolute Gasteiger partial charge is 0.497 e. The molecule has 2 atom stereocenters. The van der Waals surface area contributed by atoms with Crippen LogP contribution in [0.2, 0.25) is 0 Å². The first kappa shape index (κ1) is 23.1. The van der Waals surface area contributed by atoms with Crippen molar-refractivity contribution in [1.82, 2.24) is 4.90 Å². The van der Waals surface area contributed by atoms with Crippen molar-refractivity contribution in [1.29, 1.82) is 0 Å². The van der Waals surface area contributed by atoms with Crippen LogP contribution in [0.4, 0.5) is 0 Å². The van der Waals surface area contributed by atoms with Gasteiger partial charge in [0.1, 0.15) is 17.6 Å². The number of esters is 1. The minimum atomic E-state index is -0.111. The number of carbonyl (C=O) groups is 1. The van der Waals surface area contributed by atoms with Crippen molar-refractivity contribution in [3.8, 4) is 11.5 Å². The number of likely N-dealkylation sites (N-methyl/N-ethyl adjacent to an activating group) is 1. The van der Waals surface area contributed by atoms with E-state index in [9.17, 15) is 4.79 Å². The molecule has 2 aromatic carbocycles. The van der Waals surface area contributed by atoms with Crippen LogP contribution in [0.1, 0.15) is 37.8 Å². The number of nitrogens with zero attached hydrogens (tertiary/aromatic N) is 1. The molecule has 3 rings (SSSR count). The predicted octanol–water partition coefficient (Wildman–Crippen LogP) is 4.52. The van der Waals surface area contributed by atoms with E-state index in [2.05, 4.69) is 36.2 Å². The third-order valence-electron chi connectivity index (χ3n) is 5.90. The Morgan fingerprint density at radius 2 is 1.94 bits per heavy atom. The Bertz CT molecular complexity index is 851. The first-order valence-electron chi connectivity index (χ1n) is 11.2. The molecule has 0 unspecified atom stereocenters. The molecule has 1 aliphatic heterocycles. The number of carbonyl (C=O) groups excluding carboxylic acids is 1. The number of benzene rings is 2. The van der Waals surface area contributed by atoms with Gasteiger partial charge in [-0.3, -0.25) is 9.69 Å². The molecule has 31 heavy (non-hydrogen) atoms. The highest BCUT2D eigenvalue weighted by Gasteiger charge is 2.32. The predicted molar refractivity (Wildman–Crippen MR) is 123 cm³/mol. The highest BCUT2D eigenvalue weighted by atomic mass is 16.5. The summed E-state index contributed by atoms with van der Waals surface area (Å²) in [5.41, 5.74) is 2.47. The van der Waals surface area contributed by atoms with E-state index < -0.39 is 0 Å². The molecule has 0 N–H and O–H groups in total. The summed E-state index contributed by atoms with van der Waals surface area (Å²) in [4.78, 5) is 14.2. The number of rotatable bonds is 10. The molecule has 0 saturated carbocycles. The Morgan fingerprint density at radius 1 is 1.13 bits per heavy atom. The van der Waals surface area contributed by atoms with Gasteiger partial charge in [-0.05, 0) is 55.6 Å². The smallest absolute Gasteiger partial charge is 0.308 e. The number of para-hydroxylation sites is 1. The fourth-order valence-corrected chi connectivity index (χ4v) is 4.02. The summed E-state index contributed by atoms with van der Waals surface area (Å²) in [5.74, 6) is 1.65. The van der Waals surface area contributed by atoms with E-state index in [0.717, 1.165) is 43.7 Å². The third kappa shape index (κ3) is 6.73. The molecule has 2 aromatic rings. The van der Waals surface area contributed by atoms with Crippen LogP contribution < -0.4 is 9.47 Å². The first-order valence-corrected chi connectivity index (χ1v) is 11.2. The number of hydrogen-bond donors (Lipinski definition) is 0. The Balaban J connectivity index is 1.49. The SMILES string of the molecule is COc1cccc(CCc2ccccc2OCC[C@@H]2C[C@@H](OC(=O)C(C)C)CN2C)c1. The highest BCUT2D eigenvalue weighted by Crippen LogP contribution is 2.25. The summed E-state index contributed by atoms with van der Waals surface area (Å²) in [5, 5.41) is 0. The summed E-state index contributed by atoms with van der Waals surface area (Å²) in [6.45, 7) is 5.19. The average Bonchev–Trinajstić information content (AvgIpc) is 3.11. The molecule has 0 aliphatic carbocycles. The van der Waals surface area contributed by atoms with Gasteiger partial charge in [-0.25, -0.2) is 0 Å². The normalized spacial score (nSPS) is 18.9. The van der Waals surface area contributed by atoms with E-state index in [4.69, 9.17) is 14.2 Å². The molecule has 1 saturated heterocycles. The number of ether oxygens (including phenoxy) is 3. The second-order valence-corrected chi connectivity index (χ2v) is 8.64. The van der Waals surface area contributed by atoms with E-state index in [1.165, 1.54) is 11.1 Å². The number of hydrogen-bond acceptors (Lipinski definition) is 5. The Labute approximate surface area is 186 Å². The molecule has 5 heteroatoms. The van der Waals surface area contributed by atoms with Crippen molar-refractivity contribution >= 4 is 5.97 Å². The van der Waals surface area contributed by atoms with Gasteiger partial charge in [0.05, 0.1) is 19.6 Å². The fraction of sp³-hybridized carbons (Fsp3) is 0.500. The average molecular weight is 426 g/mol. The highest BCUT2D eigenvalue weighted by molar-refractivity contribution is 5.71. The minimum absolute atomic E-state index is 0.0138. The van der Waals surface area contributed by atoms with Crippen LogP contribution in [-0.2, 0) is 22.4 Å². The fourth-order valence-electron chi connectivity index (χ4n) is 4.02. The topological polar surface area (TPSA) is 48.0 Å². The van der Waals surface area contributed by atoms with Crippen LogP contribution in [-0.4, -0.2) is 50.3 Å². The Hall–Kier alpha value is -2.53. The third-order valence-corrected chi connectivity index (χ3v) is 5.90. The molecule has 168 valence electrons. The second-order valence-electron chi connectivity index (χ2n) is 8.64. The van der Waals surface area contributed by atoms with Crippen molar-refractivity contribution in [3.63, 3.8) is 0 Å². The molecule has 5 nitrogen and oxygen atoms in total. The van der Waals surface area contributed by atoms with Crippen LogP contribution in [0.25, 0.3) is 0 Å². The number of methoxy groups -OCH3 is 1. The molecule has 1 fully saturated rings. The van der Waals surface area contributed by atoms with Gasteiger partial charge < -0.3 is 14.2 Å². The van der Waals surface area contributed by atoms with Gasteiger partial charge in [0.25, 0.3) is 0 Å². The molecule has 0 amide bonds. The van der Waals surface area contributed by atoms with Crippen LogP contribution in [0.15, 0.2) is 48.5 Å². The molecule has 0 spiro atoms. The lowest BCUT2D eigenvalue weighted by atomic mass is 10.0. The molecular formula is C26H35NO4. The van der Waals surface area contributed by atoms with Gasteiger partial charge in [0.2, 0.25) is 0 Å². The second kappa shape index (κ2) is 11.2. The van der Waals surface area contributed by atoms with Crippen LogP contribution in [0.5, 0.6) is 11.5 Å². The standard InChI is InChI=1S/C26H35NO4/c1-19(2)26(28)31-24-17-22(27(3)18-24)14-15-30-25-11-6-5-9-21(25)13-12-20-8-7-10-23(16-20)29-4/h5-11,16,19,22,24H,12-15,17-18H2,1-4H3/t22-,24-/m1/s1. The van der Waals surface area contributed by atoms with E-state index in [0.29, 0.717) is 12.6 Å².